The molecule has 9 heteroatoms. The van der Waals surface area contributed by atoms with Gasteiger partial charge in [-0.05, 0) is 68.0 Å². The zero-order chi connectivity index (χ0) is 29.2. The highest BCUT2D eigenvalue weighted by molar-refractivity contribution is 5.66. The van der Waals surface area contributed by atoms with Crippen LogP contribution in [-0.4, -0.2) is 90.4 Å². The summed E-state index contributed by atoms with van der Waals surface area (Å²) in [6.45, 7) is 6.50. The second kappa shape index (κ2) is 15.3. The van der Waals surface area contributed by atoms with Crippen LogP contribution in [0.25, 0.3) is 0 Å². The number of piperidine rings is 1. The number of benzene rings is 2. The van der Waals surface area contributed by atoms with Crippen LogP contribution in [0, 0.1) is 0 Å². The molecule has 0 aromatic heterocycles. The molecule has 0 spiro atoms. The van der Waals surface area contributed by atoms with Gasteiger partial charge in [-0.3, -0.25) is 0 Å². The number of hydrogen-bond donors (Lipinski definition) is 1. The van der Waals surface area contributed by atoms with E-state index in [2.05, 4.69) is 40.5 Å². The Morgan fingerprint density at radius 3 is 2.71 bits per heavy atom. The van der Waals surface area contributed by atoms with Crippen molar-refractivity contribution in [1.29, 1.82) is 0 Å². The number of nitrogens with zero attached hydrogens (tertiary/aromatic N) is 2. The third-order valence-corrected chi connectivity index (χ3v) is 7.95. The van der Waals surface area contributed by atoms with Gasteiger partial charge in [0, 0.05) is 52.9 Å². The Bertz CT molecular complexity index is 1100. The molecular weight excluding hydrogens is 522 g/mol. The molecule has 1 saturated heterocycles. The molecule has 226 valence electrons. The number of methoxy groups -OCH3 is 2. The summed E-state index contributed by atoms with van der Waals surface area (Å²) in [7, 11) is 6.84. The van der Waals surface area contributed by atoms with Crippen LogP contribution in [0.1, 0.15) is 49.7 Å². The molecule has 1 fully saturated rings. The molecule has 2 unspecified atom stereocenters. The summed E-state index contributed by atoms with van der Waals surface area (Å²) >= 11 is 0. The lowest BCUT2D eigenvalue weighted by atomic mass is 9.82. The summed E-state index contributed by atoms with van der Waals surface area (Å²) in [5, 5.41) is 3.70. The smallest absolute Gasteiger partial charge is 0.409 e. The SMILES string of the molecule is COCCCN1CCOc2ccc(CO[C@H]3CNC(CC[C@H](C)OC(=O)N(C)C)CC3c3ccc(OC)cc3)cc21. The van der Waals surface area contributed by atoms with Crippen LogP contribution in [0.5, 0.6) is 11.5 Å². The van der Waals surface area contributed by atoms with E-state index < -0.39 is 0 Å². The fourth-order valence-corrected chi connectivity index (χ4v) is 5.58. The predicted octanol–water partition coefficient (Wildman–Crippen LogP) is 4.83. The van der Waals surface area contributed by atoms with E-state index in [1.165, 1.54) is 10.5 Å². The Labute approximate surface area is 245 Å². The van der Waals surface area contributed by atoms with E-state index in [1.54, 1.807) is 28.3 Å². The number of nitrogens with one attached hydrogen (secondary N) is 1. The van der Waals surface area contributed by atoms with Gasteiger partial charge >= 0.3 is 6.09 Å². The molecule has 1 amide bonds. The minimum atomic E-state index is -0.300. The van der Waals surface area contributed by atoms with Crippen molar-refractivity contribution in [2.24, 2.45) is 0 Å². The van der Waals surface area contributed by atoms with Gasteiger partial charge in [-0.2, -0.15) is 0 Å². The lowest BCUT2D eigenvalue weighted by molar-refractivity contribution is 0.000943. The Morgan fingerprint density at radius 1 is 1.17 bits per heavy atom. The van der Waals surface area contributed by atoms with E-state index in [0.717, 1.165) is 74.7 Å². The molecule has 2 aromatic rings. The number of fused-ring (bicyclic) bond motifs is 1. The van der Waals surface area contributed by atoms with Crippen LogP contribution >= 0.6 is 0 Å². The number of amides is 1. The normalized spacial score (nSPS) is 21.0. The van der Waals surface area contributed by atoms with E-state index in [-0.39, 0.29) is 24.2 Å². The molecule has 9 nitrogen and oxygen atoms in total. The average molecular weight is 570 g/mol. The van der Waals surface area contributed by atoms with Gasteiger partial charge < -0.3 is 38.8 Å². The van der Waals surface area contributed by atoms with E-state index in [0.29, 0.717) is 19.3 Å². The van der Waals surface area contributed by atoms with Crippen molar-refractivity contribution >= 4 is 11.8 Å². The van der Waals surface area contributed by atoms with Gasteiger partial charge in [-0.15, -0.1) is 0 Å². The topological polar surface area (TPSA) is 81.7 Å². The molecule has 2 aliphatic rings. The van der Waals surface area contributed by atoms with Gasteiger partial charge in [0.1, 0.15) is 24.2 Å². The number of carbonyl (C=O) groups is 1. The molecule has 1 N–H and O–H groups in total. The van der Waals surface area contributed by atoms with Crippen molar-refractivity contribution in [3.05, 3.63) is 53.6 Å². The average Bonchev–Trinajstić information content (AvgIpc) is 2.99. The van der Waals surface area contributed by atoms with Crippen molar-refractivity contribution < 1.29 is 28.5 Å². The first-order chi connectivity index (χ1) is 19.9. The molecule has 4 rings (SSSR count). The second-order valence-electron chi connectivity index (χ2n) is 11.2. The lowest BCUT2D eigenvalue weighted by Gasteiger charge is -2.38. The van der Waals surface area contributed by atoms with Gasteiger partial charge in [0.2, 0.25) is 0 Å². The molecule has 0 aliphatic carbocycles. The summed E-state index contributed by atoms with van der Waals surface area (Å²) in [5.41, 5.74) is 3.52. The molecule has 0 saturated carbocycles. The maximum atomic E-state index is 11.9. The highest BCUT2D eigenvalue weighted by Crippen LogP contribution is 2.35. The van der Waals surface area contributed by atoms with Crippen molar-refractivity contribution in [2.75, 3.05) is 66.1 Å². The third kappa shape index (κ3) is 8.74. The largest absolute Gasteiger partial charge is 0.497 e. The zero-order valence-corrected chi connectivity index (χ0v) is 25.3. The number of carbonyl (C=O) groups excluding carboxylic acids is 1. The molecule has 0 bridgehead atoms. The van der Waals surface area contributed by atoms with Gasteiger partial charge in [0.25, 0.3) is 0 Å². The first-order valence-corrected chi connectivity index (χ1v) is 14.7. The van der Waals surface area contributed by atoms with Gasteiger partial charge in [0.05, 0.1) is 32.1 Å². The van der Waals surface area contributed by atoms with Crippen molar-refractivity contribution in [3.8, 4) is 11.5 Å². The van der Waals surface area contributed by atoms with E-state index in [4.69, 9.17) is 23.7 Å². The van der Waals surface area contributed by atoms with Gasteiger partial charge in [-0.25, -0.2) is 4.79 Å². The van der Waals surface area contributed by atoms with Crippen molar-refractivity contribution in [1.82, 2.24) is 10.2 Å². The Hall–Kier alpha value is -3.01. The second-order valence-corrected chi connectivity index (χ2v) is 11.2. The van der Waals surface area contributed by atoms with Gasteiger partial charge in [-0.1, -0.05) is 18.2 Å². The third-order valence-electron chi connectivity index (χ3n) is 7.95. The number of rotatable bonds is 13. The van der Waals surface area contributed by atoms with Crippen LogP contribution in [0.15, 0.2) is 42.5 Å². The van der Waals surface area contributed by atoms with Crippen molar-refractivity contribution in [3.63, 3.8) is 0 Å². The lowest BCUT2D eigenvalue weighted by Crippen LogP contribution is -2.47. The minimum Gasteiger partial charge on any atom is -0.497 e. The number of anilines is 1. The molecule has 0 radical (unpaired) electrons. The summed E-state index contributed by atoms with van der Waals surface area (Å²) < 4.78 is 28.7. The summed E-state index contributed by atoms with van der Waals surface area (Å²) in [6.07, 6.45) is 3.23. The first kappa shape index (κ1) is 30.9. The van der Waals surface area contributed by atoms with Crippen LogP contribution < -0.4 is 19.7 Å². The van der Waals surface area contributed by atoms with E-state index in [1.807, 2.05) is 19.1 Å². The molecule has 2 heterocycles. The van der Waals surface area contributed by atoms with Crippen LogP contribution in [0.2, 0.25) is 0 Å². The Morgan fingerprint density at radius 2 is 1.98 bits per heavy atom. The van der Waals surface area contributed by atoms with Crippen molar-refractivity contribution in [2.45, 2.75) is 63.4 Å². The molecule has 41 heavy (non-hydrogen) atoms. The first-order valence-electron chi connectivity index (χ1n) is 14.7. The highest BCUT2D eigenvalue weighted by Gasteiger charge is 2.32. The Kier molecular flexibility index (Phi) is 11.5. The monoisotopic (exact) mass is 569 g/mol. The van der Waals surface area contributed by atoms with Gasteiger partial charge in [0.15, 0.2) is 0 Å². The molecular formula is C32H47N3O6. The predicted molar refractivity (Wildman–Crippen MR) is 160 cm³/mol. The maximum absolute atomic E-state index is 11.9. The zero-order valence-electron chi connectivity index (χ0n) is 25.3. The molecule has 4 atom stereocenters. The maximum Gasteiger partial charge on any atom is 0.409 e. The number of ether oxygens (including phenoxy) is 5. The van der Waals surface area contributed by atoms with Crippen LogP contribution in [-0.2, 0) is 20.8 Å². The highest BCUT2D eigenvalue weighted by atomic mass is 16.6. The van der Waals surface area contributed by atoms with E-state index >= 15 is 0 Å². The fourth-order valence-electron chi connectivity index (χ4n) is 5.58. The van der Waals surface area contributed by atoms with E-state index in [9.17, 15) is 4.79 Å². The summed E-state index contributed by atoms with van der Waals surface area (Å²) in [6, 6.07) is 15.0. The summed E-state index contributed by atoms with van der Waals surface area (Å²) in [5.74, 6) is 2.01. The Balaban J connectivity index is 1.40. The number of hydrogen-bond acceptors (Lipinski definition) is 8. The molecule has 2 aliphatic heterocycles. The minimum absolute atomic E-state index is 0.0220. The quantitative estimate of drug-likeness (QED) is 0.344. The molecule has 2 aromatic carbocycles. The van der Waals surface area contributed by atoms with Crippen LogP contribution in [0.3, 0.4) is 0 Å². The van der Waals surface area contributed by atoms with Crippen LogP contribution in [0.4, 0.5) is 10.5 Å². The fraction of sp³-hybridized carbons (Fsp3) is 0.594. The standard InChI is InChI=1S/C32H47N3O6/c1-23(41-32(36)34(2)3)7-11-26-20-28(25-9-12-27(38-5)13-10-25)31(21-33-26)40-22-24-8-14-30-29(19-24)35(16-18-39-30)15-6-17-37-4/h8-10,12-14,19,23,26,28,31,33H,6-7,11,15-18,20-22H2,1-5H3/t23-,26?,28?,31-/m0/s1. The summed E-state index contributed by atoms with van der Waals surface area (Å²) in [4.78, 5) is 15.8.